The lowest BCUT2D eigenvalue weighted by Crippen LogP contribution is -2.41. The minimum atomic E-state index is -1.40. The quantitative estimate of drug-likeness (QED) is 0.605. The Balaban J connectivity index is 3.02. The van der Waals surface area contributed by atoms with Gasteiger partial charge < -0.3 is 0 Å². The van der Waals surface area contributed by atoms with Crippen molar-refractivity contribution in [3.8, 4) is 0 Å². The molecule has 0 saturated heterocycles. The Labute approximate surface area is 68.8 Å². The van der Waals surface area contributed by atoms with Crippen molar-refractivity contribution in [2.75, 3.05) is 0 Å². The highest BCUT2D eigenvalue weighted by atomic mass is 28.3. The zero-order chi connectivity index (χ0) is 8.32. The molecule has 0 radical (unpaired) electrons. The molecule has 11 heavy (non-hydrogen) atoms. The van der Waals surface area contributed by atoms with E-state index in [1.165, 1.54) is 5.32 Å². The van der Waals surface area contributed by atoms with Gasteiger partial charge in [-0.15, -0.1) is 6.58 Å². The van der Waals surface area contributed by atoms with Crippen LogP contribution < -0.4 is 5.32 Å². The molecule has 0 saturated carbocycles. The summed E-state index contributed by atoms with van der Waals surface area (Å²) in [5, 5.41) is 1.20. The van der Waals surface area contributed by atoms with E-state index >= 15 is 0 Å². The van der Waals surface area contributed by atoms with Gasteiger partial charge in [0.15, 0.2) is 0 Å². The third kappa shape index (κ3) is 1.77. The normalized spacial score (nSPS) is 11.1. The minimum absolute atomic E-state index is 1.20. The summed E-state index contributed by atoms with van der Waals surface area (Å²) in [4.78, 5) is 4.31. The zero-order valence-electron chi connectivity index (χ0n) is 7.04. The summed E-state index contributed by atoms with van der Waals surface area (Å²) < 4.78 is 0. The molecule has 0 amide bonds. The summed E-state index contributed by atoms with van der Waals surface area (Å²) in [6.07, 6.45) is 1.84. The average Bonchev–Trinajstić information content (AvgIpc) is 2.06. The van der Waals surface area contributed by atoms with Gasteiger partial charge in [0, 0.05) is 11.5 Å². The molecule has 2 heteroatoms. The molecule has 0 aromatic carbocycles. The van der Waals surface area contributed by atoms with Crippen LogP contribution in [0.1, 0.15) is 0 Å². The smallest absolute Gasteiger partial charge is 0.127 e. The van der Waals surface area contributed by atoms with Crippen LogP contribution >= 0.6 is 0 Å². The molecule has 58 valence electrons. The molecule has 0 aliphatic carbocycles. The van der Waals surface area contributed by atoms with E-state index in [0.717, 1.165) is 0 Å². The first kappa shape index (κ1) is 8.21. The van der Waals surface area contributed by atoms with E-state index in [4.69, 9.17) is 0 Å². The maximum atomic E-state index is 4.31. The first-order valence-corrected chi connectivity index (χ1v) is 6.79. The highest BCUT2D eigenvalue weighted by molar-refractivity contribution is 6.93. The second-order valence-corrected chi connectivity index (χ2v) is 7.50. The molecule has 1 heterocycles. The molecular weight excluding hydrogens is 150 g/mol. The van der Waals surface area contributed by atoms with Gasteiger partial charge in [-0.1, -0.05) is 24.9 Å². The van der Waals surface area contributed by atoms with Gasteiger partial charge in [-0.2, -0.15) is 0 Å². The maximum Gasteiger partial charge on any atom is 0.127 e. The monoisotopic (exact) mass is 163 g/mol. The summed E-state index contributed by atoms with van der Waals surface area (Å²) in [6, 6.07) is 6.05. The Morgan fingerprint density at radius 2 is 2.18 bits per heavy atom. The van der Waals surface area contributed by atoms with Gasteiger partial charge in [-0.05, 0) is 12.1 Å². The van der Waals surface area contributed by atoms with Crippen LogP contribution in [0, 0.1) is 0 Å². The molecule has 0 spiro atoms. The molecule has 1 aromatic rings. The molecular formula is C9H13NSi. The molecule has 0 atom stereocenters. The van der Waals surface area contributed by atoms with E-state index in [0.29, 0.717) is 0 Å². The Morgan fingerprint density at radius 1 is 1.45 bits per heavy atom. The van der Waals surface area contributed by atoms with Crippen molar-refractivity contribution in [1.29, 1.82) is 0 Å². The molecule has 1 nitrogen and oxygen atoms in total. The third-order valence-corrected chi connectivity index (χ3v) is 4.47. The summed E-state index contributed by atoms with van der Waals surface area (Å²) >= 11 is 0. The number of hydrogen-bond acceptors (Lipinski definition) is 1. The van der Waals surface area contributed by atoms with Crippen molar-refractivity contribution >= 4 is 13.4 Å². The molecule has 0 fully saturated rings. The number of nitrogens with zero attached hydrogens (tertiary/aromatic N) is 1. The minimum Gasteiger partial charge on any atom is -0.266 e. The predicted octanol–water partition coefficient (Wildman–Crippen LogP) is 1.72. The summed E-state index contributed by atoms with van der Waals surface area (Å²) in [5.74, 6) is 0. The second kappa shape index (κ2) is 3.01. The van der Waals surface area contributed by atoms with E-state index in [2.05, 4.69) is 36.4 Å². The van der Waals surface area contributed by atoms with E-state index in [1.54, 1.807) is 0 Å². The van der Waals surface area contributed by atoms with Crippen LogP contribution in [0.5, 0.6) is 0 Å². The first-order valence-electron chi connectivity index (χ1n) is 3.72. The van der Waals surface area contributed by atoms with Gasteiger partial charge in [-0.25, -0.2) is 0 Å². The van der Waals surface area contributed by atoms with E-state index in [-0.39, 0.29) is 0 Å². The Morgan fingerprint density at radius 3 is 2.64 bits per heavy atom. The SMILES string of the molecule is C=C[Si](C)(C)c1ccccn1. The van der Waals surface area contributed by atoms with E-state index in [9.17, 15) is 0 Å². The number of hydrogen-bond donors (Lipinski definition) is 0. The topological polar surface area (TPSA) is 12.9 Å². The molecule has 0 aliphatic heterocycles. The standard InChI is InChI=1S/C9H13NSi/c1-4-11(2,3)9-7-5-6-8-10-9/h4-8H,1H2,2-3H3. The first-order chi connectivity index (χ1) is 5.17. The van der Waals surface area contributed by atoms with Gasteiger partial charge in [-0.3, -0.25) is 4.98 Å². The maximum absolute atomic E-state index is 4.31. The van der Waals surface area contributed by atoms with Crippen LogP contribution in [-0.2, 0) is 0 Å². The lowest BCUT2D eigenvalue weighted by atomic mass is 10.5. The molecule has 0 bridgehead atoms. The summed E-state index contributed by atoms with van der Waals surface area (Å²) in [5.41, 5.74) is 2.05. The van der Waals surface area contributed by atoms with Crippen molar-refractivity contribution in [2.24, 2.45) is 0 Å². The van der Waals surface area contributed by atoms with Crippen molar-refractivity contribution < 1.29 is 0 Å². The van der Waals surface area contributed by atoms with Crippen molar-refractivity contribution in [2.45, 2.75) is 13.1 Å². The predicted molar refractivity (Wildman–Crippen MR) is 51.6 cm³/mol. The number of pyridine rings is 1. The van der Waals surface area contributed by atoms with Crippen LogP contribution in [0.15, 0.2) is 36.7 Å². The summed E-state index contributed by atoms with van der Waals surface area (Å²) in [7, 11) is -1.40. The average molecular weight is 163 g/mol. The van der Waals surface area contributed by atoms with Crippen LogP contribution in [-0.4, -0.2) is 13.1 Å². The van der Waals surface area contributed by atoms with Crippen molar-refractivity contribution in [1.82, 2.24) is 4.98 Å². The van der Waals surface area contributed by atoms with Gasteiger partial charge in [0.2, 0.25) is 0 Å². The highest BCUT2D eigenvalue weighted by Crippen LogP contribution is 2.00. The van der Waals surface area contributed by atoms with Crippen LogP contribution in [0.4, 0.5) is 0 Å². The zero-order valence-corrected chi connectivity index (χ0v) is 8.04. The number of rotatable bonds is 2. The Kier molecular flexibility index (Phi) is 2.24. The van der Waals surface area contributed by atoms with Gasteiger partial charge in [0.25, 0.3) is 0 Å². The fourth-order valence-corrected chi connectivity index (χ4v) is 1.99. The van der Waals surface area contributed by atoms with Crippen molar-refractivity contribution in [3.05, 3.63) is 36.7 Å². The fraction of sp³-hybridized carbons (Fsp3) is 0.222. The van der Waals surface area contributed by atoms with Crippen molar-refractivity contribution in [3.63, 3.8) is 0 Å². The summed E-state index contributed by atoms with van der Waals surface area (Å²) in [6.45, 7) is 8.31. The third-order valence-electron chi connectivity index (χ3n) is 1.84. The van der Waals surface area contributed by atoms with Crippen LogP contribution in [0.25, 0.3) is 0 Å². The van der Waals surface area contributed by atoms with Gasteiger partial charge in [0.05, 0.1) is 0 Å². The van der Waals surface area contributed by atoms with E-state index in [1.807, 2.05) is 18.3 Å². The van der Waals surface area contributed by atoms with Gasteiger partial charge in [0.1, 0.15) is 8.07 Å². The molecule has 1 rings (SSSR count). The molecule has 0 N–H and O–H groups in total. The molecule has 0 aliphatic rings. The van der Waals surface area contributed by atoms with Crippen LogP contribution in [0.2, 0.25) is 13.1 Å². The van der Waals surface area contributed by atoms with Gasteiger partial charge >= 0.3 is 0 Å². The van der Waals surface area contributed by atoms with E-state index < -0.39 is 8.07 Å². The second-order valence-electron chi connectivity index (χ2n) is 3.14. The number of aromatic nitrogens is 1. The lowest BCUT2D eigenvalue weighted by molar-refractivity contribution is 1.37. The molecule has 0 unspecified atom stereocenters. The van der Waals surface area contributed by atoms with Crippen LogP contribution in [0.3, 0.4) is 0 Å². The largest absolute Gasteiger partial charge is 0.266 e. The fourth-order valence-electron chi connectivity index (χ4n) is 0.848. The Hall–Kier alpha value is -0.893. The Bertz CT molecular complexity index is 241. The lowest BCUT2D eigenvalue weighted by Gasteiger charge is -2.15. The highest BCUT2D eigenvalue weighted by Gasteiger charge is 2.19. The molecule has 1 aromatic heterocycles.